The van der Waals surface area contributed by atoms with Gasteiger partial charge in [0, 0.05) is 25.4 Å². The molecular weight excluding hydrogens is 380 g/mol. The fraction of sp³-hybridized carbons (Fsp3) is 1.00. The van der Waals surface area contributed by atoms with Gasteiger partial charge in [0.15, 0.2) is 0 Å². The topological polar surface area (TPSA) is 79.7 Å². The van der Waals surface area contributed by atoms with Gasteiger partial charge in [0.1, 0.15) is 0 Å². The molecule has 0 radical (unpaired) electrons. The molecule has 0 saturated heterocycles. The first-order valence-corrected chi connectivity index (χ1v) is 14.3. The van der Waals surface area contributed by atoms with Crippen molar-refractivity contribution in [2.75, 3.05) is 32.9 Å². The normalized spacial score (nSPS) is 12.2. The quantitative estimate of drug-likeness (QED) is 0.158. The van der Waals surface area contributed by atoms with E-state index >= 15 is 0 Å². The van der Waals surface area contributed by atoms with Crippen LogP contribution in [-0.2, 0) is 13.3 Å². The highest BCUT2D eigenvalue weighted by Gasteiger charge is 2.48. The van der Waals surface area contributed by atoms with Crippen molar-refractivity contribution in [3.05, 3.63) is 0 Å². The molecule has 4 N–H and O–H groups in total. The first-order chi connectivity index (χ1) is 14.2. The van der Waals surface area contributed by atoms with E-state index in [1.165, 1.54) is 57.8 Å². The summed E-state index contributed by atoms with van der Waals surface area (Å²) in [5.74, 6) is 0. The van der Waals surface area contributed by atoms with Crippen LogP contribution in [0, 0.1) is 0 Å². The summed E-state index contributed by atoms with van der Waals surface area (Å²) in [5, 5.41) is 0. The molecule has 176 valence electrons. The Morgan fingerprint density at radius 2 is 0.897 bits per heavy atom. The molecule has 0 heterocycles. The molecule has 0 amide bonds. The lowest BCUT2D eigenvalue weighted by Crippen LogP contribution is -2.52. The fourth-order valence-corrected chi connectivity index (χ4v) is 6.89. The van der Waals surface area contributed by atoms with Gasteiger partial charge in [0.25, 0.3) is 0 Å². The van der Waals surface area contributed by atoms with Gasteiger partial charge in [-0.1, -0.05) is 78.6 Å². The van der Waals surface area contributed by atoms with Crippen LogP contribution in [0.3, 0.4) is 0 Å². The predicted molar refractivity (Wildman–Crippen MR) is 127 cm³/mol. The minimum absolute atomic E-state index is 0.209. The van der Waals surface area contributed by atoms with E-state index in [0.29, 0.717) is 13.1 Å². The van der Waals surface area contributed by atoms with Crippen LogP contribution < -0.4 is 11.5 Å². The molecule has 0 saturated carbocycles. The summed E-state index contributed by atoms with van der Waals surface area (Å²) in [6.07, 6.45) is 16.0. The Hall–Kier alpha value is 0.0169. The van der Waals surface area contributed by atoms with Crippen LogP contribution in [0.15, 0.2) is 0 Å². The summed E-state index contributed by atoms with van der Waals surface area (Å²) in [6.45, 7) is 10.1. The van der Waals surface area contributed by atoms with Crippen molar-refractivity contribution >= 4 is 8.80 Å². The Bertz CT molecular complexity index is 293. The Kier molecular flexibility index (Phi) is 21.3. The van der Waals surface area contributed by atoms with Gasteiger partial charge in [0.05, 0.1) is 0 Å². The predicted octanol–water partition coefficient (Wildman–Crippen LogP) is 5.78. The zero-order valence-corrected chi connectivity index (χ0v) is 20.9. The third kappa shape index (κ3) is 14.6. The Morgan fingerprint density at radius 1 is 0.552 bits per heavy atom. The molecule has 6 heteroatoms. The van der Waals surface area contributed by atoms with Gasteiger partial charge in [-0.25, -0.2) is 0 Å². The Morgan fingerprint density at radius 3 is 1.17 bits per heavy atom. The van der Waals surface area contributed by atoms with Crippen LogP contribution in [0.5, 0.6) is 0 Å². The molecule has 0 rings (SSSR count). The molecule has 29 heavy (non-hydrogen) atoms. The molecule has 0 spiro atoms. The van der Waals surface area contributed by atoms with E-state index in [2.05, 4.69) is 20.8 Å². The largest absolute Gasteiger partial charge is 0.504 e. The minimum Gasteiger partial charge on any atom is -0.373 e. The molecule has 0 atom stereocenters. The lowest BCUT2D eigenvalue weighted by molar-refractivity contribution is 0.0440. The van der Waals surface area contributed by atoms with Gasteiger partial charge in [-0.3, -0.25) is 0 Å². The summed E-state index contributed by atoms with van der Waals surface area (Å²) in [7, 11) is -2.81. The third-order valence-corrected chi connectivity index (χ3v) is 8.83. The summed E-state index contributed by atoms with van der Waals surface area (Å²) in [6, 6.07) is 0. The van der Waals surface area contributed by atoms with E-state index in [4.69, 9.17) is 24.7 Å². The average Bonchev–Trinajstić information content (AvgIpc) is 2.72. The number of hydrogen-bond acceptors (Lipinski definition) is 5. The second kappa shape index (κ2) is 21.3. The van der Waals surface area contributed by atoms with Crippen molar-refractivity contribution < 1.29 is 13.3 Å². The summed E-state index contributed by atoms with van der Waals surface area (Å²) in [4.78, 5) is 0. The van der Waals surface area contributed by atoms with Crippen LogP contribution in [0.2, 0.25) is 5.54 Å². The second-order valence-electron chi connectivity index (χ2n) is 8.18. The van der Waals surface area contributed by atoms with Crippen LogP contribution in [0.4, 0.5) is 0 Å². The first-order valence-electron chi connectivity index (χ1n) is 12.5. The molecule has 0 unspecified atom stereocenters. The van der Waals surface area contributed by atoms with Gasteiger partial charge < -0.3 is 24.7 Å². The minimum atomic E-state index is -2.81. The van der Waals surface area contributed by atoms with Gasteiger partial charge in [-0.15, -0.1) is 0 Å². The zero-order chi connectivity index (χ0) is 21.6. The fourth-order valence-electron chi connectivity index (χ4n) is 3.61. The number of hydrogen-bond donors (Lipinski definition) is 2. The smallest absolute Gasteiger partial charge is 0.373 e. The highest BCUT2D eigenvalue weighted by Crippen LogP contribution is 2.33. The maximum Gasteiger partial charge on any atom is 0.504 e. The van der Waals surface area contributed by atoms with Gasteiger partial charge in [-0.05, 0) is 45.2 Å². The Labute approximate surface area is 183 Å². The van der Waals surface area contributed by atoms with Crippen LogP contribution in [0.25, 0.3) is 0 Å². The van der Waals surface area contributed by atoms with Crippen molar-refractivity contribution in [2.45, 2.75) is 116 Å². The van der Waals surface area contributed by atoms with Crippen molar-refractivity contribution in [2.24, 2.45) is 11.5 Å². The highest BCUT2D eigenvalue weighted by atomic mass is 28.4. The maximum absolute atomic E-state index is 6.54. The van der Waals surface area contributed by atoms with Gasteiger partial charge in [0.2, 0.25) is 0 Å². The van der Waals surface area contributed by atoms with E-state index in [0.717, 1.165) is 51.9 Å². The molecule has 0 aliphatic carbocycles. The maximum atomic E-state index is 6.54. The van der Waals surface area contributed by atoms with Crippen molar-refractivity contribution in [1.29, 1.82) is 0 Å². The lowest BCUT2D eigenvalue weighted by Gasteiger charge is -2.36. The summed E-state index contributed by atoms with van der Waals surface area (Å²) < 4.78 is 19.6. The molecule has 0 bridgehead atoms. The molecule has 0 aromatic rings. The Balaban J connectivity index is 5.10. The van der Waals surface area contributed by atoms with Crippen molar-refractivity contribution in [1.82, 2.24) is 0 Å². The van der Waals surface area contributed by atoms with Crippen molar-refractivity contribution in [3.8, 4) is 0 Å². The monoisotopic (exact) mass is 432 g/mol. The van der Waals surface area contributed by atoms with Crippen LogP contribution in [0.1, 0.15) is 111 Å². The van der Waals surface area contributed by atoms with Crippen LogP contribution in [-0.4, -0.2) is 41.7 Å². The van der Waals surface area contributed by atoms with Crippen LogP contribution >= 0.6 is 0 Å². The van der Waals surface area contributed by atoms with Gasteiger partial charge >= 0.3 is 8.80 Å². The number of nitrogens with two attached hydrogens (primary N) is 2. The third-order valence-electron chi connectivity index (χ3n) is 5.43. The molecule has 0 aromatic heterocycles. The van der Waals surface area contributed by atoms with Gasteiger partial charge in [-0.2, -0.15) is 0 Å². The number of rotatable bonds is 23. The first kappa shape index (κ1) is 29.0. The van der Waals surface area contributed by atoms with E-state index < -0.39 is 8.80 Å². The molecule has 0 fully saturated rings. The summed E-state index contributed by atoms with van der Waals surface area (Å²) >= 11 is 0. The molecule has 0 aromatic carbocycles. The second-order valence-corrected chi connectivity index (χ2v) is 11.1. The molecule has 0 aliphatic rings. The number of unbranched alkanes of at least 4 members (excludes halogenated alkanes) is 9. The molecule has 0 aliphatic heterocycles. The summed E-state index contributed by atoms with van der Waals surface area (Å²) in [5.41, 5.74) is 12.1. The van der Waals surface area contributed by atoms with Crippen molar-refractivity contribution in [3.63, 3.8) is 0 Å². The SMILES string of the molecule is CCCCCCO[Si](OCCCCCC)(OCCCCCC)C(CCN)CCN. The average molecular weight is 433 g/mol. The zero-order valence-electron chi connectivity index (χ0n) is 19.9. The lowest BCUT2D eigenvalue weighted by atomic mass is 10.2. The molecular formula is C23H52N2O3Si. The van der Waals surface area contributed by atoms with E-state index in [1.54, 1.807) is 0 Å². The van der Waals surface area contributed by atoms with E-state index in [9.17, 15) is 0 Å². The molecule has 5 nitrogen and oxygen atoms in total. The van der Waals surface area contributed by atoms with E-state index in [1.807, 2.05) is 0 Å². The standard InChI is InChI=1S/C23H52N2O3Si/c1-4-7-10-13-20-26-29(23(16-18-24)17-19-25,27-21-14-11-8-5-2)28-22-15-12-9-6-3/h23H,4-22,24-25H2,1-3H3. The van der Waals surface area contributed by atoms with E-state index in [-0.39, 0.29) is 5.54 Å². The highest BCUT2D eigenvalue weighted by molar-refractivity contribution is 6.62.